The van der Waals surface area contributed by atoms with Crippen LogP contribution >= 0.6 is 0 Å². The molecular formula is C10H20N4O. The zero-order valence-corrected chi connectivity index (χ0v) is 9.73. The van der Waals surface area contributed by atoms with E-state index in [4.69, 9.17) is 10.2 Å². The molecule has 1 aromatic rings. The highest BCUT2D eigenvalue weighted by molar-refractivity contribution is 5.06. The maximum absolute atomic E-state index is 5.44. The molecule has 0 aliphatic rings. The molecule has 0 aliphatic carbocycles. The fourth-order valence-electron chi connectivity index (χ4n) is 1.78. The van der Waals surface area contributed by atoms with Crippen LogP contribution in [0.3, 0.4) is 0 Å². The fourth-order valence-corrected chi connectivity index (χ4v) is 1.78. The van der Waals surface area contributed by atoms with Gasteiger partial charge < -0.3 is 10.2 Å². The maximum Gasteiger partial charge on any atom is 0.312 e. The van der Waals surface area contributed by atoms with Gasteiger partial charge in [-0.05, 0) is 19.5 Å². The molecule has 1 unspecified atom stereocenters. The number of hydrogen-bond donors (Lipinski definition) is 1. The summed E-state index contributed by atoms with van der Waals surface area (Å²) in [7, 11) is 0. The third-order valence-electron chi connectivity index (χ3n) is 2.56. The Morgan fingerprint density at radius 1 is 1.27 bits per heavy atom. The largest absolute Gasteiger partial charge is 0.407 e. The number of nitrogens with zero attached hydrogens (tertiary/aromatic N) is 3. The number of hydrogen-bond acceptors (Lipinski definition) is 5. The van der Waals surface area contributed by atoms with E-state index in [-0.39, 0.29) is 12.1 Å². The van der Waals surface area contributed by atoms with Crippen molar-refractivity contribution in [1.82, 2.24) is 15.1 Å². The van der Waals surface area contributed by atoms with Crippen LogP contribution in [-0.4, -0.2) is 28.2 Å². The van der Waals surface area contributed by atoms with Crippen LogP contribution in [0.4, 0.5) is 6.01 Å². The summed E-state index contributed by atoms with van der Waals surface area (Å²) >= 11 is 0. The summed E-state index contributed by atoms with van der Waals surface area (Å²) in [5, 5.41) is 7.67. The first-order valence-electron chi connectivity index (χ1n) is 5.55. The van der Waals surface area contributed by atoms with E-state index in [0.717, 1.165) is 25.9 Å². The van der Waals surface area contributed by atoms with Gasteiger partial charge in [-0.2, -0.15) is 0 Å². The third-order valence-corrected chi connectivity index (χ3v) is 2.56. The molecule has 0 amide bonds. The lowest BCUT2D eigenvalue weighted by Gasteiger charge is -2.26. The molecule has 1 atom stereocenters. The predicted molar refractivity (Wildman–Crippen MR) is 59.3 cm³/mol. The molecule has 0 aliphatic heterocycles. The van der Waals surface area contributed by atoms with Crippen LogP contribution in [0, 0.1) is 0 Å². The van der Waals surface area contributed by atoms with Crippen molar-refractivity contribution in [3.8, 4) is 0 Å². The number of nitrogens with two attached hydrogens (primary N) is 1. The molecule has 15 heavy (non-hydrogen) atoms. The van der Waals surface area contributed by atoms with Gasteiger partial charge in [0.15, 0.2) is 0 Å². The fraction of sp³-hybridized carbons (Fsp3) is 0.800. The summed E-state index contributed by atoms with van der Waals surface area (Å²) in [5.74, 6) is 0.637. The third kappa shape index (κ3) is 2.92. The number of anilines is 1. The second-order valence-electron chi connectivity index (χ2n) is 3.50. The van der Waals surface area contributed by atoms with E-state index in [2.05, 4.69) is 35.9 Å². The Labute approximate surface area is 90.7 Å². The molecule has 0 aromatic carbocycles. The van der Waals surface area contributed by atoms with Crippen LogP contribution in [0.1, 0.15) is 45.5 Å². The van der Waals surface area contributed by atoms with Crippen molar-refractivity contribution in [1.29, 1.82) is 0 Å². The maximum atomic E-state index is 5.44. The second-order valence-corrected chi connectivity index (χ2v) is 3.50. The molecule has 5 heteroatoms. The first kappa shape index (κ1) is 12.0. The molecule has 0 saturated heterocycles. The highest BCUT2D eigenvalue weighted by Gasteiger charge is 2.22. The highest BCUT2D eigenvalue weighted by Crippen LogP contribution is 2.24. The molecule has 0 fully saturated rings. The molecule has 0 bridgehead atoms. The van der Waals surface area contributed by atoms with Crippen LogP contribution in [0.25, 0.3) is 0 Å². The van der Waals surface area contributed by atoms with Crippen molar-refractivity contribution in [2.75, 3.05) is 18.8 Å². The van der Waals surface area contributed by atoms with Gasteiger partial charge in [0, 0.05) is 0 Å². The average molecular weight is 212 g/mol. The lowest BCUT2D eigenvalue weighted by atomic mass is 10.1. The van der Waals surface area contributed by atoms with Gasteiger partial charge in [0.25, 0.3) is 0 Å². The summed E-state index contributed by atoms with van der Waals surface area (Å²) < 4.78 is 5.30. The number of rotatable bonds is 6. The Balaban J connectivity index is 2.81. The minimum absolute atomic E-state index is 0.151. The van der Waals surface area contributed by atoms with E-state index >= 15 is 0 Å². The van der Waals surface area contributed by atoms with Crippen molar-refractivity contribution in [3.63, 3.8) is 0 Å². The smallest absolute Gasteiger partial charge is 0.312 e. The SMILES string of the molecule is CCCC(c1nnc(N)o1)N(CC)CC. The highest BCUT2D eigenvalue weighted by atomic mass is 16.4. The first-order valence-corrected chi connectivity index (χ1v) is 5.55. The van der Waals surface area contributed by atoms with Crippen molar-refractivity contribution in [3.05, 3.63) is 5.89 Å². The van der Waals surface area contributed by atoms with Gasteiger partial charge in [-0.25, -0.2) is 0 Å². The Morgan fingerprint density at radius 3 is 2.33 bits per heavy atom. The van der Waals surface area contributed by atoms with Crippen LogP contribution in [0.5, 0.6) is 0 Å². The standard InChI is InChI=1S/C10H20N4O/c1-4-7-8(14(5-2)6-3)9-12-13-10(11)15-9/h8H,4-7H2,1-3H3,(H2,11,13). The normalized spacial score (nSPS) is 13.3. The van der Waals surface area contributed by atoms with Crippen molar-refractivity contribution >= 4 is 6.01 Å². The van der Waals surface area contributed by atoms with Crippen LogP contribution in [0.15, 0.2) is 4.42 Å². The van der Waals surface area contributed by atoms with Gasteiger partial charge in [0.1, 0.15) is 0 Å². The van der Waals surface area contributed by atoms with Crippen LogP contribution in [-0.2, 0) is 0 Å². The van der Waals surface area contributed by atoms with Gasteiger partial charge in [0.2, 0.25) is 5.89 Å². The Kier molecular flexibility index (Phi) is 4.55. The Hall–Kier alpha value is -1.10. The first-order chi connectivity index (χ1) is 7.22. The summed E-state index contributed by atoms with van der Waals surface area (Å²) in [4.78, 5) is 2.30. The molecule has 0 spiro atoms. The minimum Gasteiger partial charge on any atom is -0.407 e. The average Bonchev–Trinajstić information content (AvgIpc) is 2.65. The van der Waals surface area contributed by atoms with Crippen molar-refractivity contribution in [2.24, 2.45) is 0 Å². The van der Waals surface area contributed by atoms with E-state index in [1.54, 1.807) is 0 Å². The molecular weight excluding hydrogens is 192 g/mol. The molecule has 1 aromatic heterocycles. The summed E-state index contributed by atoms with van der Waals surface area (Å²) in [6.07, 6.45) is 2.10. The molecule has 2 N–H and O–H groups in total. The molecule has 5 nitrogen and oxygen atoms in total. The van der Waals surface area contributed by atoms with Gasteiger partial charge in [-0.3, -0.25) is 4.90 Å². The molecule has 86 valence electrons. The van der Waals surface area contributed by atoms with Crippen LogP contribution < -0.4 is 5.73 Å². The molecule has 1 heterocycles. The van der Waals surface area contributed by atoms with Gasteiger partial charge in [-0.15, -0.1) is 5.10 Å². The summed E-state index contributed by atoms with van der Waals surface area (Å²) in [6, 6.07) is 0.355. The van der Waals surface area contributed by atoms with Crippen LogP contribution in [0.2, 0.25) is 0 Å². The molecule has 0 radical (unpaired) electrons. The number of nitrogen functional groups attached to an aromatic ring is 1. The van der Waals surface area contributed by atoms with E-state index in [0.29, 0.717) is 5.89 Å². The van der Waals surface area contributed by atoms with Gasteiger partial charge >= 0.3 is 6.01 Å². The van der Waals surface area contributed by atoms with E-state index in [1.807, 2.05) is 0 Å². The van der Waals surface area contributed by atoms with E-state index < -0.39 is 0 Å². The molecule has 1 rings (SSSR count). The zero-order chi connectivity index (χ0) is 11.3. The summed E-state index contributed by atoms with van der Waals surface area (Å²) in [5.41, 5.74) is 5.44. The lowest BCUT2D eigenvalue weighted by Crippen LogP contribution is -2.28. The Bertz CT molecular complexity index is 283. The van der Waals surface area contributed by atoms with E-state index in [9.17, 15) is 0 Å². The van der Waals surface area contributed by atoms with Gasteiger partial charge in [-0.1, -0.05) is 32.3 Å². The lowest BCUT2D eigenvalue weighted by molar-refractivity contribution is 0.177. The van der Waals surface area contributed by atoms with Crippen molar-refractivity contribution < 1.29 is 4.42 Å². The molecule has 0 saturated carbocycles. The predicted octanol–water partition coefficient (Wildman–Crippen LogP) is 1.83. The van der Waals surface area contributed by atoms with E-state index in [1.165, 1.54) is 0 Å². The monoisotopic (exact) mass is 212 g/mol. The number of aromatic nitrogens is 2. The summed E-state index contributed by atoms with van der Waals surface area (Å²) in [6.45, 7) is 8.36. The van der Waals surface area contributed by atoms with Crippen molar-refractivity contribution in [2.45, 2.75) is 39.7 Å². The topological polar surface area (TPSA) is 68.2 Å². The second kappa shape index (κ2) is 5.70. The Morgan fingerprint density at radius 2 is 1.93 bits per heavy atom. The minimum atomic E-state index is 0.151. The van der Waals surface area contributed by atoms with Gasteiger partial charge in [0.05, 0.1) is 6.04 Å². The zero-order valence-electron chi connectivity index (χ0n) is 9.73. The quantitative estimate of drug-likeness (QED) is 0.779.